The van der Waals surface area contributed by atoms with Gasteiger partial charge in [0.2, 0.25) is 0 Å². The lowest BCUT2D eigenvalue weighted by molar-refractivity contribution is -0.153. The van der Waals surface area contributed by atoms with Gasteiger partial charge in [0.05, 0.1) is 12.6 Å². The first-order chi connectivity index (χ1) is 8.78. The largest absolute Gasteiger partial charge is 0.394 e. The Kier molecular flexibility index (Phi) is 3.04. The standard InChI is InChI=1S/C15H17NO2/c1-16-15(9-14(10-17)18-16)13-7-6-11-4-2-3-5-12(11)8-13/h2-8,14-15,17H,9-10H2,1H3/t14-,15-/m1/s1. The monoisotopic (exact) mass is 243 g/mol. The molecule has 3 heteroatoms. The van der Waals surface area contributed by atoms with Crippen molar-refractivity contribution in [3.8, 4) is 0 Å². The molecule has 0 aromatic heterocycles. The molecule has 2 aromatic rings. The van der Waals surface area contributed by atoms with Crippen molar-refractivity contribution in [1.29, 1.82) is 0 Å². The van der Waals surface area contributed by atoms with Crippen LogP contribution < -0.4 is 0 Å². The van der Waals surface area contributed by atoms with Crippen LogP contribution in [-0.2, 0) is 4.84 Å². The number of aliphatic hydroxyl groups is 1. The van der Waals surface area contributed by atoms with Crippen LogP contribution >= 0.6 is 0 Å². The summed E-state index contributed by atoms with van der Waals surface area (Å²) in [5.74, 6) is 0. The lowest BCUT2D eigenvalue weighted by atomic mass is 9.99. The van der Waals surface area contributed by atoms with Crippen LogP contribution in [0.25, 0.3) is 10.8 Å². The topological polar surface area (TPSA) is 32.7 Å². The molecule has 1 aliphatic rings. The second-order valence-corrected chi connectivity index (χ2v) is 4.81. The van der Waals surface area contributed by atoms with Crippen molar-refractivity contribution in [2.24, 2.45) is 0 Å². The molecule has 94 valence electrons. The fourth-order valence-electron chi connectivity index (χ4n) is 2.62. The fraction of sp³-hybridized carbons (Fsp3) is 0.333. The maximum Gasteiger partial charge on any atom is 0.104 e. The van der Waals surface area contributed by atoms with Crippen molar-refractivity contribution in [3.63, 3.8) is 0 Å². The Bertz CT molecular complexity index is 555. The number of hydrogen-bond donors (Lipinski definition) is 1. The summed E-state index contributed by atoms with van der Waals surface area (Å²) in [7, 11) is 1.93. The Morgan fingerprint density at radius 3 is 2.72 bits per heavy atom. The highest BCUT2D eigenvalue weighted by atomic mass is 16.7. The molecule has 0 spiro atoms. The average Bonchev–Trinajstić information content (AvgIpc) is 2.79. The number of nitrogens with zero attached hydrogens (tertiary/aromatic N) is 1. The highest BCUT2D eigenvalue weighted by molar-refractivity contribution is 5.83. The smallest absolute Gasteiger partial charge is 0.104 e. The van der Waals surface area contributed by atoms with E-state index in [0.29, 0.717) is 0 Å². The number of fused-ring (bicyclic) bond motifs is 1. The van der Waals surface area contributed by atoms with Gasteiger partial charge in [-0.2, -0.15) is 5.06 Å². The minimum absolute atomic E-state index is 0.0773. The number of hydrogen-bond acceptors (Lipinski definition) is 3. The molecule has 0 unspecified atom stereocenters. The normalized spacial score (nSPS) is 24.8. The number of benzene rings is 2. The molecule has 1 aliphatic heterocycles. The lowest BCUT2D eigenvalue weighted by Crippen LogP contribution is -2.18. The zero-order chi connectivity index (χ0) is 12.5. The summed E-state index contributed by atoms with van der Waals surface area (Å²) in [6.45, 7) is 0.0778. The van der Waals surface area contributed by atoms with Crippen LogP contribution in [-0.4, -0.2) is 29.9 Å². The Balaban J connectivity index is 1.94. The van der Waals surface area contributed by atoms with Crippen LogP contribution in [0.4, 0.5) is 0 Å². The van der Waals surface area contributed by atoms with Crippen molar-refractivity contribution >= 4 is 10.8 Å². The minimum Gasteiger partial charge on any atom is -0.394 e. The van der Waals surface area contributed by atoms with Gasteiger partial charge in [0.25, 0.3) is 0 Å². The molecule has 0 saturated carbocycles. The molecule has 1 saturated heterocycles. The Morgan fingerprint density at radius 2 is 2.00 bits per heavy atom. The number of aliphatic hydroxyl groups excluding tert-OH is 1. The summed E-state index contributed by atoms with van der Waals surface area (Å²) in [4.78, 5) is 5.57. The SMILES string of the molecule is CN1O[C@@H](CO)C[C@@H]1c1ccc2ccccc2c1. The summed E-state index contributed by atoms with van der Waals surface area (Å²) < 4.78 is 0. The van der Waals surface area contributed by atoms with Crippen LogP contribution in [0.2, 0.25) is 0 Å². The van der Waals surface area contributed by atoms with Crippen molar-refractivity contribution in [2.75, 3.05) is 13.7 Å². The van der Waals surface area contributed by atoms with Gasteiger partial charge in [-0.1, -0.05) is 36.4 Å². The van der Waals surface area contributed by atoms with Crippen molar-refractivity contribution in [2.45, 2.75) is 18.6 Å². The van der Waals surface area contributed by atoms with E-state index in [2.05, 4.69) is 42.5 Å². The summed E-state index contributed by atoms with van der Waals surface area (Å²) in [6.07, 6.45) is 0.761. The molecular formula is C15H17NO2. The number of hydroxylamine groups is 2. The van der Waals surface area contributed by atoms with E-state index < -0.39 is 0 Å². The van der Waals surface area contributed by atoms with E-state index >= 15 is 0 Å². The lowest BCUT2D eigenvalue weighted by Gasteiger charge is -2.18. The van der Waals surface area contributed by atoms with Crippen LogP contribution in [0.3, 0.4) is 0 Å². The van der Waals surface area contributed by atoms with E-state index in [9.17, 15) is 0 Å². The molecule has 3 rings (SSSR count). The highest BCUT2D eigenvalue weighted by Crippen LogP contribution is 2.33. The minimum atomic E-state index is -0.0773. The second kappa shape index (κ2) is 4.69. The van der Waals surface area contributed by atoms with Crippen molar-refractivity contribution in [3.05, 3.63) is 48.0 Å². The highest BCUT2D eigenvalue weighted by Gasteiger charge is 2.31. The molecule has 2 atom stereocenters. The van der Waals surface area contributed by atoms with Crippen LogP contribution in [0.1, 0.15) is 18.0 Å². The van der Waals surface area contributed by atoms with E-state index in [1.807, 2.05) is 12.1 Å². The zero-order valence-electron chi connectivity index (χ0n) is 10.4. The second-order valence-electron chi connectivity index (χ2n) is 4.81. The summed E-state index contributed by atoms with van der Waals surface area (Å²) in [6, 6.07) is 15.1. The third-order valence-corrected chi connectivity index (χ3v) is 3.60. The van der Waals surface area contributed by atoms with Gasteiger partial charge in [-0.25, -0.2) is 0 Å². The average molecular weight is 243 g/mol. The summed E-state index contributed by atoms with van der Waals surface area (Å²) >= 11 is 0. The van der Waals surface area contributed by atoms with Gasteiger partial charge in [-0.15, -0.1) is 0 Å². The van der Waals surface area contributed by atoms with E-state index in [0.717, 1.165) is 6.42 Å². The third kappa shape index (κ3) is 2.01. The van der Waals surface area contributed by atoms with Crippen LogP contribution in [0, 0.1) is 0 Å². The van der Waals surface area contributed by atoms with Crippen molar-refractivity contribution < 1.29 is 9.94 Å². The van der Waals surface area contributed by atoms with E-state index in [4.69, 9.17) is 9.94 Å². The van der Waals surface area contributed by atoms with E-state index in [1.165, 1.54) is 16.3 Å². The summed E-state index contributed by atoms with van der Waals surface area (Å²) in [5.41, 5.74) is 1.24. The first-order valence-electron chi connectivity index (χ1n) is 6.27. The fourth-order valence-corrected chi connectivity index (χ4v) is 2.62. The molecular weight excluding hydrogens is 226 g/mol. The van der Waals surface area contributed by atoms with Gasteiger partial charge in [-0.3, -0.25) is 4.84 Å². The Labute approximate surface area is 107 Å². The predicted octanol–water partition coefficient (Wildman–Crippen LogP) is 2.51. The third-order valence-electron chi connectivity index (χ3n) is 3.60. The molecule has 0 aliphatic carbocycles. The summed E-state index contributed by atoms with van der Waals surface area (Å²) in [5, 5.41) is 13.5. The Morgan fingerprint density at radius 1 is 1.22 bits per heavy atom. The van der Waals surface area contributed by atoms with Gasteiger partial charge in [0.1, 0.15) is 6.10 Å². The first kappa shape index (κ1) is 11.7. The number of rotatable bonds is 2. The van der Waals surface area contributed by atoms with Gasteiger partial charge in [0.15, 0.2) is 0 Å². The molecule has 1 heterocycles. The molecule has 1 N–H and O–H groups in total. The molecule has 0 bridgehead atoms. The van der Waals surface area contributed by atoms with E-state index in [-0.39, 0.29) is 18.8 Å². The van der Waals surface area contributed by atoms with Crippen LogP contribution in [0.5, 0.6) is 0 Å². The molecule has 0 amide bonds. The van der Waals surface area contributed by atoms with Crippen molar-refractivity contribution in [1.82, 2.24) is 5.06 Å². The quantitative estimate of drug-likeness (QED) is 0.879. The zero-order valence-corrected chi connectivity index (χ0v) is 10.4. The van der Waals surface area contributed by atoms with Gasteiger partial charge < -0.3 is 5.11 Å². The van der Waals surface area contributed by atoms with Gasteiger partial charge in [0, 0.05) is 7.05 Å². The predicted molar refractivity (Wildman–Crippen MR) is 71.0 cm³/mol. The van der Waals surface area contributed by atoms with Crippen LogP contribution in [0.15, 0.2) is 42.5 Å². The molecule has 1 fully saturated rings. The molecule has 3 nitrogen and oxygen atoms in total. The Hall–Kier alpha value is -1.42. The first-order valence-corrected chi connectivity index (χ1v) is 6.27. The molecule has 18 heavy (non-hydrogen) atoms. The van der Waals surface area contributed by atoms with Gasteiger partial charge in [-0.05, 0) is 28.8 Å². The maximum atomic E-state index is 9.17. The maximum absolute atomic E-state index is 9.17. The molecule has 0 radical (unpaired) electrons. The molecule has 2 aromatic carbocycles. The van der Waals surface area contributed by atoms with E-state index in [1.54, 1.807) is 0 Å². The van der Waals surface area contributed by atoms with Gasteiger partial charge >= 0.3 is 0 Å².